The Balaban J connectivity index is 1.85. The summed E-state index contributed by atoms with van der Waals surface area (Å²) in [6.45, 7) is 1.88. The second kappa shape index (κ2) is 6.64. The maximum Gasteiger partial charge on any atom is 0.275 e. The first-order chi connectivity index (χ1) is 11.4. The van der Waals surface area contributed by atoms with Gasteiger partial charge in [0.1, 0.15) is 5.69 Å². The maximum atomic E-state index is 12.6. The van der Waals surface area contributed by atoms with Gasteiger partial charge in [0.05, 0.1) is 0 Å². The molecule has 7 heteroatoms. The normalized spacial score (nSPS) is 13.7. The van der Waals surface area contributed by atoms with Gasteiger partial charge in [-0.1, -0.05) is 6.07 Å². The Hall–Kier alpha value is -1.73. The molecule has 3 rings (SSSR count). The Morgan fingerprint density at radius 3 is 2.67 bits per heavy atom. The third-order valence-corrected chi connectivity index (χ3v) is 5.59. The number of amides is 2. The molecular formula is C17H18BrN3O2S. The smallest absolute Gasteiger partial charge is 0.275 e. The van der Waals surface area contributed by atoms with E-state index in [1.54, 1.807) is 26.2 Å². The molecule has 0 saturated heterocycles. The van der Waals surface area contributed by atoms with E-state index in [0.29, 0.717) is 22.9 Å². The van der Waals surface area contributed by atoms with Gasteiger partial charge in [0, 0.05) is 30.2 Å². The van der Waals surface area contributed by atoms with Crippen LogP contribution < -0.4 is 5.32 Å². The number of carbonyl (C=O) groups excluding carboxylic acids is 2. The van der Waals surface area contributed by atoms with Gasteiger partial charge in [-0.2, -0.15) is 0 Å². The van der Waals surface area contributed by atoms with Crippen LogP contribution in [0.1, 0.15) is 50.0 Å². The Morgan fingerprint density at radius 2 is 2.04 bits per heavy atom. The van der Waals surface area contributed by atoms with Gasteiger partial charge < -0.3 is 10.2 Å². The van der Waals surface area contributed by atoms with Crippen LogP contribution in [0.2, 0.25) is 0 Å². The molecule has 5 nitrogen and oxygen atoms in total. The number of aryl methyl sites for hydroxylation is 1. The van der Waals surface area contributed by atoms with E-state index in [2.05, 4.69) is 26.2 Å². The Morgan fingerprint density at radius 1 is 1.33 bits per heavy atom. The molecule has 126 valence electrons. The van der Waals surface area contributed by atoms with Crippen LogP contribution in [0, 0.1) is 6.92 Å². The summed E-state index contributed by atoms with van der Waals surface area (Å²) in [6.07, 6.45) is 2.22. The van der Waals surface area contributed by atoms with Crippen LogP contribution in [-0.2, 0) is 0 Å². The second-order valence-electron chi connectivity index (χ2n) is 6.14. The lowest BCUT2D eigenvalue weighted by molar-refractivity contribution is 0.0826. The first-order valence-electron chi connectivity index (χ1n) is 7.66. The largest absolute Gasteiger partial charge is 0.345 e. The van der Waals surface area contributed by atoms with Gasteiger partial charge in [0.15, 0.2) is 3.92 Å². The highest BCUT2D eigenvalue weighted by Crippen LogP contribution is 2.45. The van der Waals surface area contributed by atoms with Crippen molar-refractivity contribution in [3.8, 4) is 0 Å². The molecule has 24 heavy (non-hydrogen) atoms. The molecule has 1 aromatic heterocycles. The van der Waals surface area contributed by atoms with Crippen LogP contribution in [-0.4, -0.2) is 35.8 Å². The average molecular weight is 408 g/mol. The highest BCUT2D eigenvalue weighted by Gasteiger charge is 2.31. The molecule has 1 aromatic carbocycles. The first-order valence-corrected chi connectivity index (χ1v) is 9.27. The van der Waals surface area contributed by atoms with E-state index in [0.717, 1.165) is 27.2 Å². The van der Waals surface area contributed by atoms with Crippen LogP contribution >= 0.6 is 27.3 Å². The molecule has 1 heterocycles. The van der Waals surface area contributed by atoms with Crippen LogP contribution in [0.3, 0.4) is 0 Å². The Bertz CT molecular complexity index is 812. The van der Waals surface area contributed by atoms with E-state index in [4.69, 9.17) is 0 Å². The number of nitrogens with one attached hydrogen (secondary N) is 1. The number of halogens is 1. The van der Waals surface area contributed by atoms with Crippen molar-refractivity contribution in [2.24, 2.45) is 0 Å². The van der Waals surface area contributed by atoms with Crippen molar-refractivity contribution in [3.05, 3.63) is 43.8 Å². The van der Waals surface area contributed by atoms with E-state index in [-0.39, 0.29) is 11.8 Å². The van der Waals surface area contributed by atoms with Crippen molar-refractivity contribution in [2.75, 3.05) is 19.4 Å². The Kier molecular flexibility index (Phi) is 4.73. The van der Waals surface area contributed by atoms with Crippen molar-refractivity contribution in [1.82, 2.24) is 9.88 Å². The molecule has 0 radical (unpaired) electrons. The molecule has 0 bridgehead atoms. The zero-order valence-electron chi connectivity index (χ0n) is 13.7. The summed E-state index contributed by atoms with van der Waals surface area (Å²) in [7, 11) is 3.42. The molecule has 2 amide bonds. The lowest BCUT2D eigenvalue weighted by atomic mass is 10.1. The van der Waals surface area contributed by atoms with Gasteiger partial charge in [-0.3, -0.25) is 9.59 Å². The number of hydrogen-bond donors (Lipinski definition) is 1. The van der Waals surface area contributed by atoms with Crippen LogP contribution in [0.5, 0.6) is 0 Å². The molecule has 1 aliphatic rings. The number of rotatable bonds is 4. The SMILES string of the molecule is Cc1ccc(NC(=O)c2nc(Br)sc2C2CC2)cc1C(=O)N(C)C. The van der Waals surface area contributed by atoms with Gasteiger partial charge in [-0.15, -0.1) is 11.3 Å². The molecule has 1 aliphatic carbocycles. The number of aromatic nitrogens is 1. The second-order valence-corrected chi connectivity index (χ2v) is 8.44. The summed E-state index contributed by atoms with van der Waals surface area (Å²) in [6, 6.07) is 5.36. The predicted octanol–water partition coefficient (Wildman–Crippen LogP) is 4.05. The number of thiazole rings is 1. The summed E-state index contributed by atoms with van der Waals surface area (Å²) >= 11 is 4.89. The summed E-state index contributed by atoms with van der Waals surface area (Å²) in [4.78, 5) is 31.7. The molecule has 2 aromatic rings. The van der Waals surface area contributed by atoms with E-state index in [9.17, 15) is 9.59 Å². The number of nitrogens with zero attached hydrogens (tertiary/aromatic N) is 2. The lowest BCUT2D eigenvalue weighted by Gasteiger charge is -2.14. The fraction of sp³-hybridized carbons (Fsp3) is 0.353. The standard InChI is InChI=1S/C17H18BrN3O2S/c1-9-4-7-11(8-12(9)16(23)21(2)3)19-15(22)13-14(10-5-6-10)24-17(18)20-13/h4,7-8,10H,5-6H2,1-3H3,(H,19,22). The van der Waals surface area contributed by atoms with E-state index < -0.39 is 0 Å². The summed E-state index contributed by atoms with van der Waals surface area (Å²) < 4.78 is 0.724. The molecule has 0 spiro atoms. The van der Waals surface area contributed by atoms with E-state index in [1.165, 1.54) is 16.2 Å². The van der Waals surface area contributed by atoms with Crippen LogP contribution in [0.4, 0.5) is 5.69 Å². The predicted molar refractivity (Wildman–Crippen MR) is 98.9 cm³/mol. The van der Waals surface area contributed by atoms with Gasteiger partial charge >= 0.3 is 0 Å². The molecule has 1 N–H and O–H groups in total. The van der Waals surface area contributed by atoms with Crippen molar-refractivity contribution >= 4 is 44.8 Å². The van der Waals surface area contributed by atoms with E-state index in [1.807, 2.05) is 13.0 Å². The highest BCUT2D eigenvalue weighted by molar-refractivity contribution is 9.11. The van der Waals surface area contributed by atoms with E-state index >= 15 is 0 Å². The minimum Gasteiger partial charge on any atom is -0.345 e. The molecule has 0 atom stereocenters. The van der Waals surface area contributed by atoms with Crippen molar-refractivity contribution in [1.29, 1.82) is 0 Å². The fourth-order valence-corrected chi connectivity index (χ4v) is 4.11. The van der Waals surface area contributed by atoms with Gasteiger partial charge in [-0.05, 0) is 59.3 Å². The molecule has 0 unspecified atom stereocenters. The monoisotopic (exact) mass is 407 g/mol. The van der Waals surface area contributed by atoms with Gasteiger partial charge in [0.2, 0.25) is 0 Å². The third kappa shape index (κ3) is 3.52. The van der Waals surface area contributed by atoms with Crippen molar-refractivity contribution < 1.29 is 9.59 Å². The lowest BCUT2D eigenvalue weighted by Crippen LogP contribution is -2.23. The summed E-state index contributed by atoms with van der Waals surface area (Å²) in [5, 5.41) is 2.87. The number of benzene rings is 1. The summed E-state index contributed by atoms with van der Waals surface area (Å²) in [5.74, 6) is 0.142. The third-order valence-electron chi connectivity index (χ3n) is 3.92. The molecule has 1 saturated carbocycles. The van der Waals surface area contributed by atoms with Crippen LogP contribution in [0.15, 0.2) is 22.1 Å². The van der Waals surface area contributed by atoms with Crippen molar-refractivity contribution in [3.63, 3.8) is 0 Å². The van der Waals surface area contributed by atoms with Crippen LogP contribution in [0.25, 0.3) is 0 Å². The fourth-order valence-electron chi connectivity index (χ4n) is 2.45. The highest BCUT2D eigenvalue weighted by atomic mass is 79.9. The Labute approximate surface area is 153 Å². The number of hydrogen-bond acceptors (Lipinski definition) is 4. The molecule has 1 fully saturated rings. The zero-order valence-corrected chi connectivity index (χ0v) is 16.1. The summed E-state index contributed by atoms with van der Waals surface area (Å²) in [5.41, 5.74) is 2.54. The van der Waals surface area contributed by atoms with Gasteiger partial charge in [0.25, 0.3) is 11.8 Å². The maximum absolute atomic E-state index is 12.6. The zero-order chi connectivity index (χ0) is 17.4. The molecular weight excluding hydrogens is 390 g/mol. The first kappa shape index (κ1) is 17.1. The average Bonchev–Trinajstić information content (AvgIpc) is 3.30. The number of anilines is 1. The minimum absolute atomic E-state index is 0.0846. The topological polar surface area (TPSA) is 62.3 Å². The minimum atomic E-state index is -0.231. The molecule has 0 aliphatic heterocycles. The van der Waals surface area contributed by atoms with Gasteiger partial charge in [-0.25, -0.2) is 4.98 Å². The quantitative estimate of drug-likeness (QED) is 0.831. The number of carbonyl (C=O) groups is 2. The van der Waals surface area contributed by atoms with Crippen molar-refractivity contribution in [2.45, 2.75) is 25.7 Å².